The average molecular weight is 287 g/mol. The third kappa shape index (κ3) is 3.64. The van der Waals surface area contributed by atoms with E-state index >= 15 is 0 Å². The van der Waals surface area contributed by atoms with Gasteiger partial charge in [0.1, 0.15) is 0 Å². The number of pyridine rings is 1. The van der Waals surface area contributed by atoms with E-state index in [0.717, 1.165) is 12.1 Å². The van der Waals surface area contributed by atoms with Crippen molar-refractivity contribution in [2.45, 2.75) is 70.0 Å². The molecule has 1 unspecified atom stereocenters. The number of hydrogen-bond donors (Lipinski definition) is 1. The molecule has 0 bridgehead atoms. The number of hydrogen-bond acceptors (Lipinski definition) is 3. The smallest absolute Gasteiger partial charge is 0.0366 e. The lowest BCUT2D eigenvalue weighted by molar-refractivity contribution is 0.130. The van der Waals surface area contributed by atoms with Crippen LogP contribution in [0.25, 0.3) is 0 Å². The molecule has 1 N–H and O–H groups in total. The molecule has 3 nitrogen and oxygen atoms in total. The van der Waals surface area contributed by atoms with Crippen molar-refractivity contribution in [3.63, 3.8) is 0 Å². The van der Waals surface area contributed by atoms with E-state index in [2.05, 4.69) is 40.5 Å². The normalized spacial score (nSPS) is 30.6. The second-order valence-corrected chi connectivity index (χ2v) is 6.64. The van der Waals surface area contributed by atoms with Crippen LogP contribution in [0.2, 0.25) is 0 Å². The zero-order valence-corrected chi connectivity index (χ0v) is 13.3. The van der Waals surface area contributed by atoms with E-state index < -0.39 is 0 Å². The summed E-state index contributed by atoms with van der Waals surface area (Å²) in [5.74, 6) is 0. The number of nitrogens with one attached hydrogen (secondary N) is 1. The zero-order valence-electron chi connectivity index (χ0n) is 13.3. The standard InChI is InChI=1S/C18H29N3/c1-2-11-20-16-7-9-17(10-8-16)21-13-4-6-18(21)15-5-3-12-19-14-15/h3,5,12,14,16-18,20H,2,4,6-11,13H2,1H3. The molecule has 2 aliphatic rings. The monoisotopic (exact) mass is 287 g/mol. The highest BCUT2D eigenvalue weighted by molar-refractivity contribution is 5.16. The lowest BCUT2D eigenvalue weighted by Crippen LogP contribution is -2.42. The molecule has 1 saturated carbocycles. The first-order valence-electron chi connectivity index (χ1n) is 8.77. The van der Waals surface area contributed by atoms with Crippen LogP contribution in [0.3, 0.4) is 0 Å². The van der Waals surface area contributed by atoms with Crippen molar-refractivity contribution in [1.29, 1.82) is 0 Å². The van der Waals surface area contributed by atoms with Gasteiger partial charge in [-0.3, -0.25) is 9.88 Å². The fraction of sp³-hybridized carbons (Fsp3) is 0.722. The molecular formula is C18H29N3. The predicted molar refractivity (Wildman–Crippen MR) is 87.3 cm³/mol. The van der Waals surface area contributed by atoms with Gasteiger partial charge in [0, 0.05) is 30.5 Å². The van der Waals surface area contributed by atoms with Crippen molar-refractivity contribution in [2.75, 3.05) is 13.1 Å². The molecule has 1 aromatic heterocycles. The van der Waals surface area contributed by atoms with Crippen LogP contribution in [-0.4, -0.2) is 35.1 Å². The van der Waals surface area contributed by atoms with E-state index in [0.29, 0.717) is 6.04 Å². The van der Waals surface area contributed by atoms with E-state index in [1.807, 2.05) is 6.20 Å². The van der Waals surface area contributed by atoms with Crippen LogP contribution in [0.15, 0.2) is 24.5 Å². The lowest BCUT2D eigenvalue weighted by Gasteiger charge is -2.38. The Hall–Kier alpha value is -0.930. The molecule has 2 fully saturated rings. The Labute approximate surface area is 129 Å². The first kappa shape index (κ1) is 15.0. The van der Waals surface area contributed by atoms with E-state index in [1.54, 1.807) is 0 Å². The zero-order chi connectivity index (χ0) is 14.5. The summed E-state index contributed by atoms with van der Waals surface area (Å²) in [4.78, 5) is 7.09. The van der Waals surface area contributed by atoms with Crippen molar-refractivity contribution in [3.05, 3.63) is 30.1 Å². The van der Waals surface area contributed by atoms with E-state index in [9.17, 15) is 0 Å². The molecule has 0 radical (unpaired) electrons. The van der Waals surface area contributed by atoms with Gasteiger partial charge in [0.25, 0.3) is 0 Å². The second kappa shape index (κ2) is 7.37. The topological polar surface area (TPSA) is 28.2 Å². The molecule has 1 saturated heterocycles. The Morgan fingerprint density at radius 2 is 2.10 bits per heavy atom. The van der Waals surface area contributed by atoms with Gasteiger partial charge in [-0.05, 0) is 69.7 Å². The van der Waals surface area contributed by atoms with Crippen LogP contribution in [-0.2, 0) is 0 Å². The van der Waals surface area contributed by atoms with Crippen LogP contribution in [0.5, 0.6) is 0 Å². The van der Waals surface area contributed by atoms with Gasteiger partial charge in [-0.1, -0.05) is 13.0 Å². The van der Waals surface area contributed by atoms with Crippen molar-refractivity contribution in [1.82, 2.24) is 15.2 Å². The summed E-state index contributed by atoms with van der Waals surface area (Å²) < 4.78 is 0. The third-order valence-corrected chi connectivity index (χ3v) is 5.21. The van der Waals surface area contributed by atoms with Gasteiger partial charge in [-0.15, -0.1) is 0 Å². The summed E-state index contributed by atoms with van der Waals surface area (Å²) >= 11 is 0. The van der Waals surface area contributed by atoms with Gasteiger partial charge in [-0.25, -0.2) is 0 Å². The maximum Gasteiger partial charge on any atom is 0.0366 e. The van der Waals surface area contributed by atoms with Gasteiger partial charge in [-0.2, -0.15) is 0 Å². The fourth-order valence-electron chi connectivity index (χ4n) is 4.12. The summed E-state index contributed by atoms with van der Waals surface area (Å²) in [6.45, 7) is 4.70. The Morgan fingerprint density at radius 1 is 1.24 bits per heavy atom. The predicted octanol–water partition coefficient (Wildman–Crippen LogP) is 3.53. The van der Waals surface area contributed by atoms with Gasteiger partial charge in [0.15, 0.2) is 0 Å². The Bertz CT molecular complexity index is 412. The van der Waals surface area contributed by atoms with Crippen molar-refractivity contribution in [2.24, 2.45) is 0 Å². The maximum absolute atomic E-state index is 4.32. The van der Waals surface area contributed by atoms with Crippen molar-refractivity contribution in [3.8, 4) is 0 Å². The van der Waals surface area contributed by atoms with Gasteiger partial charge < -0.3 is 5.32 Å². The molecule has 116 valence electrons. The number of aromatic nitrogens is 1. The summed E-state index contributed by atoms with van der Waals surface area (Å²) in [6.07, 6.45) is 13.3. The Balaban J connectivity index is 1.57. The molecule has 1 atom stereocenters. The number of rotatable bonds is 5. The van der Waals surface area contributed by atoms with Gasteiger partial charge in [0.2, 0.25) is 0 Å². The minimum atomic E-state index is 0.615. The largest absolute Gasteiger partial charge is 0.314 e. The quantitative estimate of drug-likeness (QED) is 0.898. The van der Waals surface area contributed by atoms with Crippen molar-refractivity contribution < 1.29 is 0 Å². The SMILES string of the molecule is CCCNC1CCC(N2CCCC2c2cccnc2)CC1. The second-order valence-electron chi connectivity index (χ2n) is 6.64. The molecule has 0 amide bonds. The molecule has 2 heterocycles. The molecular weight excluding hydrogens is 258 g/mol. The van der Waals surface area contributed by atoms with E-state index in [4.69, 9.17) is 0 Å². The minimum absolute atomic E-state index is 0.615. The average Bonchev–Trinajstić information content (AvgIpc) is 3.04. The highest BCUT2D eigenvalue weighted by atomic mass is 15.2. The Morgan fingerprint density at radius 3 is 2.81 bits per heavy atom. The molecule has 1 aliphatic heterocycles. The molecule has 0 spiro atoms. The minimum Gasteiger partial charge on any atom is -0.314 e. The van der Waals surface area contributed by atoms with Crippen LogP contribution in [0.4, 0.5) is 0 Å². The van der Waals surface area contributed by atoms with Crippen LogP contribution < -0.4 is 5.32 Å². The Kier molecular flexibility index (Phi) is 5.26. The number of likely N-dealkylation sites (tertiary alicyclic amines) is 1. The summed E-state index contributed by atoms with van der Waals surface area (Å²) in [5, 5.41) is 3.70. The van der Waals surface area contributed by atoms with Crippen LogP contribution in [0, 0.1) is 0 Å². The lowest BCUT2D eigenvalue weighted by atomic mass is 9.89. The van der Waals surface area contributed by atoms with Crippen LogP contribution >= 0.6 is 0 Å². The summed E-state index contributed by atoms with van der Waals surface area (Å²) in [6, 6.07) is 6.50. The highest BCUT2D eigenvalue weighted by Gasteiger charge is 2.33. The third-order valence-electron chi connectivity index (χ3n) is 5.21. The number of nitrogens with zero attached hydrogens (tertiary/aromatic N) is 2. The van der Waals surface area contributed by atoms with E-state index in [-0.39, 0.29) is 0 Å². The molecule has 1 aromatic rings. The summed E-state index contributed by atoms with van der Waals surface area (Å²) in [5.41, 5.74) is 1.42. The molecule has 0 aromatic carbocycles. The van der Waals surface area contributed by atoms with Gasteiger partial charge in [0.05, 0.1) is 0 Å². The van der Waals surface area contributed by atoms with Crippen molar-refractivity contribution >= 4 is 0 Å². The highest BCUT2D eigenvalue weighted by Crippen LogP contribution is 2.37. The fourth-order valence-corrected chi connectivity index (χ4v) is 4.12. The molecule has 3 rings (SSSR count). The van der Waals surface area contributed by atoms with E-state index in [1.165, 1.54) is 63.6 Å². The molecule has 21 heavy (non-hydrogen) atoms. The molecule has 3 heteroatoms. The first-order valence-corrected chi connectivity index (χ1v) is 8.77. The first-order chi connectivity index (χ1) is 10.4. The van der Waals surface area contributed by atoms with Crippen LogP contribution in [0.1, 0.15) is 63.5 Å². The maximum atomic E-state index is 4.32. The molecule has 1 aliphatic carbocycles. The van der Waals surface area contributed by atoms with Gasteiger partial charge >= 0.3 is 0 Å². The summed E-state index contributed by atoms with van der Waals surface area (Å²) in [7, 11) is 0.